The Morgan fingerprint density at radius 2 is 1.86 bits per heavy atom. The second-order valence-electron chi connectivity index (χ2n) is 4.20. The van der Waals surface area contributed by atoms with Gasteiger partial charge in [-0.05, 0) is 36.1 Å². The van der Waals surface area contributed by atoms with E-state index in [1.54, 1.807) is 18.2 Å². The minimum atomic E-state index is -4.40. The monoisotopic (exact) mass is 376 g/mol. The Kier molecular flexibility index (Phi) is 5.22. The summed E-state index contributed by atoms with van der Waals surface area (Å²) in [5, 5.41) is 0.142. The Labute approximate surface area is 133 Å². The molecule has 0 aliphatic carbocycles. The van der Waals surface area contributed by atoms with E-state index in [-0.39, 0.29) is 16.6 Å². The fraction of sp³-hybridized carbons (Fsp3) is 0.200. The molecule has 0 bridgehead atoms. The molecule has 112 valence electrons. The van der Waals surface area contributed by atoms with Crippen molar-refractivity contribution in [1.29, 1.82) is 0 Å². The van der Waals surface area contributed by atoms with E-state index in [0.29, 0.717) is 5.75 Å². The molecular weight excluding hydrogens is 365 g/mol. The SMILES string of the molecule is CSc1ccccc1Oc1ccc(CBr)c(C(F)(F)F)c1. The zero-order valence-electron chi connectivity index (χ0n) is 11.1. The molecule has 2 aromatic rings. The van der Waals surface area contributed by atoms with Crippen molar-refractivity contribution in [3.05, 3.63) is 53.6 Å². The smallest absolute Gasteiger partial charge is 0.416 e. The van der Waals surface area contributed by atoms with Gasteiger partial charge in [0.2, 0.25) is 0 Å². The predicted molar refractivity (Wildman–Crippen MR) is 82.4 cm³/mol. The molecule has 0 saturated carbocycles. The number of ether oxygens (including phenoxy) is 1. The molecule has 0 aromatic heterocycles. The van der Waals surface area contributed by atoms with Crippen molar-refractivity contribution in [2.24, 2.45) is 0 Å². The van der Waals surface area contributed by atoms with Crippen LogP contribution in [-0.4, -0.2) is 6.26 Å². The fourth-order valence-electron chi connectivity index (χ4n) is 1.83. The van der Waals surface area contributed by atoms with E-state index in [1.165, 1.54) is 17.8 Å². The molecule has 0 spiro atoms. The topological polar surface area (TPSA) is 9.23 Å². The molecule has 1 nitrogen and oxygen atoms in total. The summed E-state index contributed by atoms with van der Waals surface area (Å²) in [5.74, 6) is 0.721. The van der Waals surface area contributed by atoms with Crippen LogP contribution in [0.25, 0.3) is 0 Å². The van der Waals surface area contributed by atoms with E-state index in [9.17, 15) is 13.2 Å². The molecular formula is C15H12BrF3OS. The lowest BCUT2D eigenvalue weighted by atomic mass is 10.1. The normalized spacial score (nSPS) is 11.5. The second-order valence-corrected chi connectivity index (χ2v) is 5.61. The molecule has 2 aromatic carbocycles. The number of para-hydroxylation sites is 1. The standard InChI is InChI=1S/C15H12BrF3OS/c1-21-14-5-3-2-4-13(14)20-11-7-6-10(9-16)12(8-11)15(17,18)19/h2-8H,9H2,1H3. The highest BCUT2D eigenvalue weighted by Crippen LogP contribution is 2.37. The molecule has 0 N–H and O–H groups in total. The lowest BCUT2D eigenvalue weighted by Gasteiger charge is -2.14. The average Bonchev–Trinajstić information content (AvgIpc) is 2.47. The zero-order valence-corrected chi connectivity index (χ0v) is 13.5. The maximum absolute atomic E-state index is 13.0. The quantitative estimate of drug-likeness (QED) is 0.469. The lowest BCUT2D eigenvalue weighted by molar-refractivity contribution is -0.138. The summed E-state index contributed by atoms with van der Waals surface area (Å²) < 4.78 is 44.7. The third-order valence-electron chi connectivity index (χ3n) is 2.83. The molecule has 0 aliphatic rings. The number of hydrogen-bond acceptors (Lipinski definition) is 2. The van der Waals surface area contributed by atoms with E-state index in [4.69, 9.17) is 4.74 Å². The van der Waals surface area contributed by atoms with E-state index in [0.717, 1.165) is 11.0 Å². The Morgan fingerprint density at radius 1 is 1.14 bits per heavy atom. The summed E-state index contributed by atoms with van der Waals surface area (Å²) >= 11 is 4.55. The van der Waals surface area contributed by atoms with Crippen LogP contribution in [0.15, 0.2) is 47.4 Å². The van der Waals surface area contributed by atoms with Crippen LogP contribution in [-0.2, 0) is 11.5 Å². The van der Waals surface area contributed by atoms with Gasteiger partial charge in [-0.2, -0.15) is 13.2 Å². The van der Waals surface area contributed by atoms with Gasteiger partial charge in [-0.15, -0.1) is 11.8 Å². The van der Waals surface area contributed by atoms with E-state index in [2.05, 4.69) is 15.9 Å². The highest BCUT2D eigenvalue weighted by atomic mass is 79.9. The number of benzene rings is 2. The first kappa shape index (κ1) is 16.2. The maximum atomic E-state index is 13.0. The molecule has 0 fully saturated rings. The van der Waals surface area contributed by atoms with Gasteiger partial charge in [-0.1, -0.05) is 34.1 Å². The Balaban J connectivity index is 2.37. The van der Waals surface area contributed by atoms with Crippen molar-refractivity contribution in [3.8, 4) is 11.5 Å². The maximum Gasteiger partial charge on any atom is 0.416 e. The minimum Gasteiger partial charge on any atom is -0.456 e. The third-order valence-corrected chi connectivity index (χ3v) is 4.21. The second kappa shape index (κ2) is 6.75. The molecule has 0 heterocycles. The van der Waals surface area contributed by atoms with E-state index >= 15 is 0 Å². The van der Waals surface area contributed by atoms with Crippen LogP contribution in [0, 0.1) is 0 Å². The summed E-state index contributed by atoms with van der Waals surface area (Å²) in [7, 11) is 0. The van der Waals surface area contributed by atoms with Crippen molar-refractivity contribution in [2.45, 2.75) is 16.4 Å². The average molecular weight is 377 g/mol. The van der Waals surface area contributed by atoms with Gasteiger partial charge in [0.15, 0.2) is 0 Å². The summed E-state index contributed by atoms with van der Waals surface area (Å²) in [6.45, 7) is 0. The van der Waals surface area contributed by atoms with Gasteiger partial charge >= 0.3 is 6.18 Å². The first-order chi connectivity index (χ1) is 9.95. The molecule has 21 heavy (non-hydrogen) atoms. The number of rotatable bonds is 4. The molecule has 0 unspecified atom stereocenters. The predicted octanol–water partition coefficient (Wildman–Crippen LogP) is 6.11. The van der Waals surface area contributed by atoms with Gasteiger partial charge < -0.3 is 4.74 Å². The van der Waals surface area contributed by atoms with Gasteiger partial charge in [-0.25, -0.2) is 0 Å². The molecule has 0 radical (unpaired) electrons. The van der Waals surface area contributed by atoms with Crippen molar-refractivity contribution >= 4 is 27.7 Å². The molecule has 0 saturated heterocycles. The minimum absolute atomic E-state index is 0.142. The summed E-state index contributed by atoms with van der Waals surface area (Å²) in [6.07, 6.45) is -2.52. The molecule has 6 heteroatoms. The third kappa shape index (κ3) is 3.95. The van der Waals surface area contributed by atoms with Crippen LogP contribution in [0.2, 0.25) is 0 Å². The van der Waals surface area contributed by atoms with Crippen LogP contribution in [0.1, 0.15) is 11.1 Å². The summed E-state index contributed by atoms with van der Waals surface area (Å²) in [6, 6.07) is 11.2. The number of thioether (sulfide) groups is 1. The zero-order chi connectivity index (χ0) is 15.5. The largest absolute Gasteiger partial charge is 0.456 e. The fourth-order valence-corrected chi connectivity index (χ4v) is 2.84. The Hall–Kier alpha value is -1.14. The lowest BCUT2D eigenvalue weighted by Crippen LogP contribution is -2.08. The first-order valence-corrected chi connectivity index (χ1v) is 8.37. The summed E-state index contributed by atoms with van der Waals surface area (Å²) in [4.78, 5) is 0.871. The molecule has 2 rings (SSSR count). The highest BCUT2D eigenvalue weighted by Gasteiger charge is 2.33. The van der Waals surface area contributed by atoms with Crippen molar-refractivity contribution in [2.75, 3.05) is 6.26 Å². The molecule has 0 aliphatic heterocycles. The van der Waals surface area contributed by atoms with Gasteiger partial charge in [0, 0.05) is 10.2 Å². The van der Waals surface area contributed by atoms with Crippen LogP contribution in [0.3, 0.4) is 0 Å². The van der Waals surface area contributed by atoms with Crippen molar-refractivity contribution < 1.29 is 17.9 Å². The van der Waals surface area contributed by atoms with E-state index in [1.807, 2.05) is 18.4 Å². The Morgan fingerprint density at radius 3 is 2.48 bits per heavy atom. The number of hydrogen-bond donors (Lipinski definition) is 0. The first-order valence-electron chi connectivity index (χ1n) is 6.02. The van der Waals surface area contributed by atoms with Crippen molar-refractivity contribution in [1.82, 2.24) is 0 Å². The highest BCUT2D eigenvalue weighted by molar-refractivity contribution is 9.08. The van der Waals surface area contributed by atoms with E-state index < -0.39 is 11.7 Å². The number of alkyl halides is 4. The van der Waals surface area contributed by atoms with Crippen LogP contribution < -0.4 is 4.74 Å². The molecule has 0 amide bonds. The van der Waals surface area contributed by atoms with Gasteiger partial charge in [0.05, 0.1) is 5.56 Å². The Bertz CT molecular complexity index is 629. The van der Waals surface area contributed by atoms with Crippen LogP contribution >= 0.6 is 27.7 Å². The number of halogens is 4. The van der Waals surface area contributed by atoms with Gasteiger partial charge in [0.25, 0.3) is 0 Å². The van der Waals surface area contributed by atoms with Crippen LogP contribution in [0.4, 0.5) is 13.2 Å². The summed E-state index contributed by atoms with van der Waals surface area (Å²) in [5.41, 5.74) is -0.494. The van der Waals surface area contributed by atoms with Crippen molar-refractivity contribution in [3.63, 3.8) is 0 Å². The van der Waals surface area contributed by atoms with Crippen LogP contribution in [0.5, 0.6) is 11.5 Å². The van der Waals surface area contributed by atoms with Gasteiger partial charge in [-0.3, -0.25) is 0 Å². The van der Waals surface area contributed by atoms with Gasteiger partial charge in [0.1, 0.15) is 11.5 Å². The molecule has 0 atom stereocenters.